The smallest absolute Gasteiger partial charge is 0.235 e. The molecule has 1 aliphatic rings. The van der Waals surface area contributed by atoms with Crippen LogP contribution in [0.1, 0.15) is 38.2 Å². The molecule has 21 heavy (non-hydrogen) atoms. The second-order valence-electron chi connectivity index (χ2n) is 5.39. The van der Waals surface area contributed by atoms with Crippen LogP contribution in [-0.4, -0.2) is 17.7 Å². The molecule has 1 heterocycles. The minimum atomic E-state index is -0.437. The highest BCUT2D eigenvalue weighted by atomic mass is 16.5. The summed E-state index contributed by atoms with van der Waals surface area (Å²) >= 11 is 0. The number of isocyanates is 1. The summed E-state index contributed by atoms with van der Waals surface area (Å²) in [5, 5.41) is 1.02. The Morgan fingerprint density at radius 2 is 2.14 bits per heavy atom. The summed E-state index contributed by atoms with van der Waals surface area (Å²) in [5.74, 6) is 0.778. The minimum absolute atomic E-state index is 0.437. The van der Waals surface area contributed by atoms with Crippen molar-refractivity contribution in [2.24, 2.45) is 4.99 Å². The van der Waals surface area contributed by atoms with E-state index in [-0.39, 0.29) is 0 Å². The molecule has 1 fully saturated rings. The van der Waals surface area contributed by atoms with E-state index in [4.69, 9.17) is 4.74 Å². The van der Waals surface area contributed by atoms with Crippen LogP contribution in [0.2, 0.25) is 0 Å². The van der Waals surface area contributed by atoms with Gasteiger partial charge in [-0.3, -0.25) is 4.98 Å². The molecular weight excluding hydrogens is 264 g/mol. The first-order valence-corrected chi connectivity index (χ1v) is 7.41. The average Bonchev–Trinajstić information content (AvgIpc) is 2.98. The highest BCUT2D eigenvalue weighted by molar-refractivity contribution is 5.88. The van der Waals surface area contributed by atoms with Gasteiger partial charge in [-0.25, -0.2) is 4.79 Å². The lowest BCUT2D eigenvalue weighted by Gasteiger charge is -2.25. The number of rotatable bonds is 4. The lowest BCUT2D eigenvalue weighted by atomic mass is 9.86. The van der Waals surface area contributed by atoms with E-state index in [1.807, 2.05) is 31.2 Å². The van der Waals surface area contributed by atoms with Gasteiger partial charge >= 0.3 is 0 Å². The Balaban J connectivity index is 2.24. The number of benzene rings is 1. The van der Waals surface area contributed by atoms with Gasteiger partial charge in [0.25, 0.3) is 0 Å². The van der Waals surface area contributed by atoms with Gasteiger partial charge in [-0.15, -0.1) is 0 Å². The average molecular weight is 282 g/mol. The Bertz CT molecular complexity index is 699. The van der Waals surface area contributed by atoms with Crippen molar-refractivity contribution < 1.29 is 9.53 Å². The molecule has 1 aromatic carbocycles. The van der Waals surface area contributed by atoms with Crippen molar-refractivity contribution in [1.29, 1.82) is 0 Å². The topological polar surface area (TPSA) is 51.5 Å². The maximum Gasteiger partial charge on any atom is 0.235 e. The molecule has 108 valence electrons. The normalized spacial score (nSPS) is 16.6. The van der Waals surface area contributed by atoms with Crippen LogP contribution in [0.4, 0.5) is 0 Å². The number of nitrogens with zero attached hydrogens (tertiary/aromatic N) is 2. The molecule has 4 nitrogen and oxygen atoms in total. The van der Waals surface area contributed by atoms with Gasteiger partial charge in [0.1, 0.15) is 11.3 Å². The zero-order valence-electron chi connectivity index (χ0n) is 12.1. The summed E-state index contributed by atoms with van der Waals surface area (Å²) in [6.07, 6.45) is 7.48. The number of pyridine rings is 1. The fraction of sp³-hybridized carbons (Fsp3) is 0.412. The SMILES string of the molecule is CCOc1ccc(C2(N=C=O)CCCC2)c2cccnc12. The number of aromatic nitrogens is 1. The Hall–Kier alpha value is -2.19. The number of aliphatic imine (C=N–C) groups is 1. The molecule has 0 amide bonds. The molecule has 0 aliphatic heterocycles. The minimum Gasteiger partial charge on any atom is -0.492 e. The molecule has 0 bridgehead atoms. The van der Waals surface area contributed by atoms with Crippen molar-refractivity contribution in [1.82, 2.24) is 4.98 Å². The van der Waals surface area contributed by atoms with Gasteiger partial charge < -0.3 is 4.74 Å². The van der Waals surface area contributed by atoms with Crippen LogP contribution >= 0.6 is 0 Å². The summed E-state index contributed by atoms with van der Waals surface area (Å²) in [6, 6.07) is 7.91. The number of ether oxygens (including phenoxy) is 1. The fourth-order valence-electron chi connectivity index (χ4n) is 3.31. The van der Waals surface area contributed by atoms with Crippen molar-refractivity contribution in [3.05, 3.63) is 36.0 Å². The van der Waals surface area contributed by atoms with Crippen molar-refractivity contribution in [2.75, 3.05) is 6.61 Å². The van der Waals surface area contributed by atoms with Crippen LogP contribution in [0, 0.1) is 0 Å². The van der Waals surface area contributed by atoms with Gasteiger partial charge in [-0.2, -0.15) is 4.99 Å². The van der Waals surface area contributed by atoms with E-state index in [0.29, 0.717) is 6.61 Å². The van der Waals surface area contributed by atoms with Crippen LogP contribution < -0.4 is 4.74 Å². The van der Waals surface area contributed by atoms with E-state index in [1.54, 1.807) is 12.3 Å². The lowest BCUT2D eigenvalue weighted by molar-refractivity contribution is 0.343. The Morgan fingerprint density at radius 1 is 1.33 bits per heavy atom. The molecule has 0 N–H and O–H groups in total. The Morgan fingerprint density at radius 3 is 2.86 bits per heavy atom. The van der Waals surface area contributed by atoms with Crippen LogP contribution in [-0.2, 0) is 10.3 Å². The van der Waals surface area contributed by atoms with E-state index in [2.05, 4.69) is 9.98 Å². The number of hydrogen-bond donors (Lipinski definition) is 0. The van der Waals surface area contributed by atoms with Crippen molar-refractivity contribution in [2.45, 2.75) is 38.1 Å². The van der Waals surface area contributed by atoms with Crippen molar-refractivity contribution in [3.63, 3.8) is 0 Å². The molecule has 1 aliphatic carbocycles. The largest absolute Gasteiger partial charge is 0.492 e. The van der Waals surface area contributed by atoms with Gasteiger partial charge in [0.2, 0.25) is 6.08 Å². The third kappa shape index (κ3) is 2.32. The van der Waals surface area contributed by atoms with Gasteiger partial charge in [-0.05, 0) is 37.5 Å². The number of hydrogen-bond acceptors (Lipinski definition) is 4. The highest BCUT2D eigenvalue weighted by Crippen LogP contribution is 2.45. The summed E-state index contributed by atoms with van der Waals surface area (Å²) in [7, 11) is 0. The number of fused-ring (bicyclic) bond motifs is 1. The predicted molar refractivity (Wildman–Crippen MR) is 81.2 cm³/mol. The van der Waals surface area contributed by atoms with E-state index in [0.717, 1.165) is 47.9 Å². The zero-order valence-corrected chi connectivity index (χ0v) is 12.1. The van der Waals surface area contributed by atoms with Gasteiger partial charge in [0, 0.05) is 11.6 Å². The first kappa shape index (κ1) is 13.8. The van der Waals surface area contributed by atoms with Crippen LogP contribution in [0.25, 0.3) is 10.9 Å². The fourth-order valence-corrected chi connectivity index (χ4v) is 3.31. The molecule has 0 spiro atoms. The molecule has 2 aromatic rings. The molecule has 1 saturated carbocycles. The first-order valence-electron chi connectivity index (χ1n) is 7.41. The monoisotopic (exact) mass is 282 g/mol. The maximum atomic E-state index is 10.9. The molecule has 0 atom stereocenters. The standard InChI is InChI=1S/C17H18N2O2/c1-2-21-15-8-7-14(13-6-5-11-18-16(13)15)17(19-12-20)9-3-4-10-17/h5-8,11H,2-4,9-10H2,1H3. The predicted octanol–water partition coefficient (Wildman–Crippen LogP) is 3.74. The molecule has 1 aromatic heterocycles. The third-order valence-corrected chi connectivity index (χ3v) is 4.22. The second-order valence-corrected chi connectivity index (χ2v) is 5.39. The zero-order chi connectivity index (χ0) is 14.7. The van der Waals surface area contributed by atoms with Crippen LogP contribution in [0.5, 0.6) is 5.75 Å². The summed E-state index contributed by atoms with van der Waals surface area (Å²) in [5.41, 5.74) is 1.47. The maximum absolute atomic E-state index is 10.9. The summed E-state index contributed by atoms with van der Waals surface area (Å²) in [6.45, 7) is 2.56. The van der Waals surface area contributed by atoms with Crippen LogP contribution in [0.15, 0.2) is 35.5 Å². The van der Waals surface area contributed by atoms with Crippen molar-refractivity contribution >= 4 is 17.0 Å². The quantitative estimate of drug-likeness (QED) is 0.634. The van der Waals surface area contributed by atoms with Crippen molar-refractivity contribution in [3.8, 4) is 5.75 Å². The lowest BCUT2D eigenvalue weighted by Crippen LogP contribution is -2.19. The van der Waals surface area contributed by atoms with E-state index in [1.165, 1.54) is 0 Å². The van der Waals surface area contributed by atoms with E-state index >= 15 is 0 Å². The first-order chi connectivity index (χ1) is 10.3. The molecular formula is C17H18N2O2. The molecule has 0 saturated heterocycles. The molecule has 3 rings (SSSR count). The van der Waals surface area contributed by atoms with E-state index < -0.39 is 5.54 Å². The Labute approximate surface area is 123 Å². The molecule has 4 heteroatoms. The molecule has 0 unspecified atom stereocenters. The molecule has 0 radical (unpaired) electrons. The van der Waals surface area contributed by atoms with E-state index in [9.17, 15) is 4.79 Å². The van der Waals surface area contributed by atoms with Gasteiger partial charge in [0.05, 0.1) is 12.1 Å². The number of carbonyl (C=O) groups excluding carboxylic acids is 1. The second kappa shape index (κ2) is 5.66. The summed E-state index contributed by atoms with van der Waals surface area (Å²) < 4.78 is 5.66. The van der Waals surface area contributed by atoms with Gasteiger partial charge in [-0.1, -0.05) is 25.0 Å². The summed E-state index contributed by atoms with van der Waals surface area (Å²) in [4.78, 5) is 19.5. The highest BCUT2D eigenvalue weighted by Gasteiger charge is 2.37. The Kier molecular flexibility index (Phi) is 3.72. The van der Waals surface area contributed by atoms with Gasteiger partial charge in [0.15, 0.2) is 0 Å². The van der Waals surface area contributed by atoms with Crippen LogP contribution in [0.3, 0.4) is 0 Å². The third-order valence-electron chi connectivity index (χ3n) is 4.22.